The molecule has 0 aliphatic carbocycles. The van der Waals surface area contributed by atoms with E-state index in [4.69, 9.17) is 14.2 Å². The van der Waals surface area contributed by atoms with Crippen LogP contribution in [0.4, 0.5) is 5.82 Å². The monoisotopic (exact) mass is 462 g/mol. The van der Waals surface area contributed by atoms with E-state index in [2.05, 4.69) is 14.9 Å². The van der Waals surface area contributed by atoms with Crippen LogP contribution in [-0.4, -0.2) is 66.8 Å². The molecule has 4 rings (SSSR count). The number of aromatic nitrogens is 2. The van der Waals surface area contributed by atoms with Crippen LogP contribution in [0.2, 0.25) is 0 Å². The lowest BCUT2D eigenvalue weighted by Gasteiger charge is -2.36. The molecule has 1 aliphatic rings. The Kier molecular flexibility index (Phi) is 7.47. The fraction of sp³-hybridized carbons (Fsp3) is 0.346. The highest BCUT2D eigenvalue weighted by molar-refractivity contribution is 5.81. The number of hydrogen-bond donors (Lipinski definition) is 0. The second-order valence-corrected chi connectivity index (χ2v) is 7.97. The quantitative estimate of drug-likeness (QED) is 0.506. The van der Waals surface area contributed by atoms with Crippen molar-refractivity contribution in [3.05, 3.63) is 60.9 Å². The van der Waals surface area contributed by atoms with Gasteiger partial charge in [0.1, 0.15) is 29.4 Å². The maximum Gasteiger partial charge on any atom is 0.263 e. The minimum Gasteiger partial charge on any atom is -0.497 e. The number of nitrogens with zero attached hydrogens (tertiary/aromatic N) is 4. The lowest BCUT2D eigenvalue weighted by molar-refractivity contribution is -0.138. The molecule has 1 aliphatic heterocycles. The van der Waals surface area contributed by atoms with Gasteiger partial charge in [-0.2, -0.15) is 0 Å². The summed E-state index contributed by atoms with van der Waals surface area (Å²) in [6.45, 7) is 6.95. The first-order valence-electron chi connectivity index (χ1n) is 11.5. The molecule has 1 aromatic heterocycles. The van der Waals surface area contributed by atoms with E-state index < -0.39 is 6.10 Å². The molecule has 1 fully saturated rings. The van der Waals surface area contributed by atoms with E-state index in [-0.39, 0.29) is 5.91 Å². The van der Waals surface area contributed by atoms with Gasteiger partial charge in [-0.15, -0.1) is 0 Å². The third-order valence-electron chi connectivity index (χ3n) is 5.75. The minimum atomic E-state index is -0.565. The number of benzene rings is 2. The van der Waals surface area contributed by atoms with E-state index in [0.29, 0.717) is 38.5 Å². The van der Waals surface area contributed by atoms with Gasteiger partial charge in [-0.3, -0.25) is 4.79 Å². The van der Waals surface area contributed by atoms with Crippen molar-refractivity contribution >= 4 is 11.7 Å². The highest BCUT2D eigenvalue weighted by atomic mass is 16.5. The molecule has 0 bridgehead atoms. The van der Waals surface area contributed by atoms with Crippen molar-refractivity contribution in [3.63, 3.8) is 0 Å². The molecule has 0 radical (unpaired) electrons. The molecule has 8 heteroatoms. The molecule has 1 atom stereocenters. The number of methoxy groups -OCH3 is 1. The van der Waals surface area contributed by atoms with Crippen molar-refractivity contribution in [1.82, 2.24) is 14.9 Å². The molecule has 178 valence electrons. The summed E-state index contributed by atoms with van der Waals surface area (Å²) < 4.78 is 16.5. The maximum absolute atomic E-state index is 12.9. The highest BCUT2D eigenvalue weighted by Gasteiger charge is 2.26. The molecule has 1 unspecified atom stereocenters. The van der Waals surface area contributed by atoms with E-state index in [0.717, 1.165) is 28.6 Å². The van der Waals surface area contributed by atoms with Crippen molar-refractivity contribution < 1.29 is 19.0 Å². The van der Waals surface area contributed by atoms with Crippen molar-refractivity contribution in [2.45, 2.75) is 20.0 Å². The molecule has 0 N–H and O–H groups in total. The maximum atomic E-state index is 12.9. The number of rotatable bonds is 8. The van der Waals surface area contributed by atoms with Gasteiger partial charge in [0, 0.05) is 37.8 Å². The second-order valence-electron chi connectivity index (χ2n) is 7.97. The average Bonchev–Trinajstić information content (AvgIpc) is 2.90. The lowest BCUT2D eigenvalue weighted by atomic mass is 10.1. The van der Waals surface area contributed by atoms with E-state index in [9.17, 15) is 4.79 Å². The summed E-state index contributed by atoms with van der Waals surface area (Å²) in [5, 5.41) is 0. The topological polar surface area (TPSA) is 77.0 Å². The Morgan fingerprint density at radius 3 is 2.24 bits per heavy atom. The Hall–Kier alpha value is -3.81. The van der Waals surface area contributed by atoms with Crippen LogP contribution in [-0.2, 0) is 4.79 Å². The van der Waals surface area contributed by atoms with E-state index in [1.807, 2.05) is 66.4 Å². The van der Waals surface area contributed by atoms with E-state index >= 15 is 0 Å². The average molecular weight is 463 g/mol. The molecule has 3 aromatic rings. The van der Waals surface area contributed by atoms with Gasteiger partial charge in [0.2, 0.25) is 0 Å². The summed E-state index contributed by atoms with van der Waals surface area (Å²) in [6, 6.07) is 17.1. The standard InChI is InChI=1S/C26H30N4O4/c1-4-33-22-9-11-23(12-10-22)34-19(2)26(31)30-15-13-29(14-16-30)25-17-24(27-18-28-25)20-5-7-21(32-3)8-6-20/h5-12,17-19H,4,13-16H2,1-3H3. The number of amides is 1. The van der Waals surface area contributed by atoms with Crippen LogP contribution >= 0.6 is 0 Å². The summed E-state index contributed by atoms with van der Waals surface area (Å²) in [7, 11) is 1.65. The Morgan fingerprint density at radius 2 is 1.59 bits per heavy atom. The van der Waals surface area contributed by atoms with Crippen LogP contribution in [0.3, 0.4) is 0 Å². The van der Waals surface area contributed by atoms with E-state index in [1.54, 1.807) is 20.4 Å². The Morgan fingerprint density at radius 1 is 0.941 bits per heavy atom. The summed E-state index contributed by atoms with van der Waals surface area (Å²) >= 11 is 0. The molecular weight excluding hydrogens is 432 g/mol. The van der Waals surface area contributed by atoms with Crippen LogP contribution in [0.1, 0.15) is 13.8 Å². The molecule has 0 saturated carbocycles. The fourth-order valence-electron chi connectivity index (χ4n) is 3.89. The number of piperazine rings is 1. The third kappa shape index (κ3) is 5.57. The van der Waals surface area contributed by atoms with Crippen molar-refractivity contribution in [1.29, 1.82) is 0 Å². The molecule has 2 aromatic carbocycles. The largest absolute Gasteiger partial charge is 0.497 e. The summed E-state index contributed by atoms with van der Waals surface area (Å²) in [6.07, 6.45) is 1.02. The van der Waals surface area contributed by atoms with E-state index in [1.165, 1.54) is 0 Å². The lowest BCUT2D eigenvalue weighted by Crippen LogP contribution is -2.52. The number of hydrogen-bond acceptors (Lipinski definition) is 7. The molecule has 0 spiro atoms. The minimum absolute atomic E-state index is 0.0184. The number of ether oxygens (including phenoxy) is 3. The van der Waals surface area contributed by atoms with Crippen LogP contribution in [0.15, 0.2) is 60.9 Å². The summed E-state index contributed by atoms with van der Waals surface area (Å²) in [5.74, 6) is 3.07. The SMILES string of the molecule is CCOc1ccc(OC(C)C(=O)N2CCN(c3cc(-c4ccc(OC)cc4)ncn3)CC2)cc1. The van der Waals surface area contributed by atoms with Gasteiger partial charge < -0.3 is 24.0 Å². The fourth-order valence-corrected chi connectivity index (χ4v) is 3.89. The van der Waals surface area contributed by atoms with Gasteiger partial charge in [0.15, 0.2) is 6.10 Å². The second kappa shape index (κ2) is 10.9. The van der Waals surface area contributed by atoms with Crippen LogP contribution < -0.4 is 19.1 Å². The molecule has 1 saturated heterocycles. The molecule has 8 nitrogen and oxygen atoms in total. The Bertz CT molecular complexity index is 1080. The zero-order valence-corrected chi connectivity index (χ0v) is 19.8. The van der Waals surface area contributed by atoms with Gasteiger partial charge >= 0.3 is 0 Å². The summed E-state index contributed by atoms with van der Waals surface area (Å²) in [4.78, 5) is 25.8. The van der Waals surface area contributed by atoms with Crippen molar-refractivity contribution in [2.24, 2.45) is 0 Å². The van der Waals surface area contributed by atoms with Gasteiger partial charge in [0.05, 0.1) is 19.4 Å². The van der Waals surface area contributed by atoms with Crippen molar-refractivity contribution in [3.8, 4) is 28.5 Å². The van der Waals surface area contributed by atoms with Crippen LogP contribution in [0.5, 0.6) is 17.2 Å². The number of anilines is 1. The zero-order chi connectivity index (χ0) is 23.9. The molecule has 1 amide bonds. The summed E-state index contributed by atoms with van der Waals surface area (Å²) in [5.41, 5.74) is 1.85. The van der Waals surface area contributed by atoms with Crippen LogP contribution in [0, 0.1) is 0 Å². The first kappa shape index (κ1) is 23.4. The highest BCUT2D eigenvalue weighted by Crippen LogP contribution is 2.24. The first-order valence-corrected chi connectivity index (χ1v) is 11.5. The molecular formula is C26H30N4O4. The van der Waals surface area contributed by atoms with Gasteiger partial charge in [-0.05, 0) is 62.4 Å². The first-order chi connectivity index (χ1) is 16.6. The normalized spacial score (nSPS) is 14.4. The zero-order valence-electron chi connectivity index (χ0n) is 19.8. The molecule has 34 heavy (non-hydrogen) atoms. The Labute approximate surface area is 200 Å². The smallest absolute Gasteiger partial charge is 0.263 e. The van der Waals surface area contributed by atoms with Crippen LogP contribution in [0.25, 0.3) is 11.3 Å². The van der Waals surface area contributed by atoms with Gasteiger partial charge in [0.25, 0.3) is 5.91 Å². The predicted molar refractivity (Wildman–Crippen MR) is 131 cm³/mol. The Balaban J connectivity index is 1.33. The van der Waals surface area contributed by atoms with Gasteiger partial charge in [-0.25, -0.2) is 9.97 Å². The number of carbonyl (C=O) groups is 1. The predicted octanol–water partition coefficient (Wildman–Crippen LogP) is 3.67. The van der Waals surface area contributed by atoms with Gasteiger partial charge in [-0.1, -0.05) is 0 Å². The van der Waals surface area contributed by atoms with Crippen molar-refractivity contribution in [2.75, 3.05) is 44.8 Å². The number of carbonyl (C=O) groups excluding carboxylic acids is 1. The molecule has 2 heterocycles. The third-order valence-corrected chi connectivity index (χ3v) is 5.75.